The van der Waals surface area contributed by atoms with Crippen LogP contribution in [0.15, 0.2) is 24.3 Å². The SMILES string of the molecule is COc1ccccc1OCCCCO. The molecule has 0 atom stereocenters. The third kappa shape index (κ3) is 3.26. The summed E-state index contributed by atoms with van der Waals surface area (Å²) in [4.78, 5) is 0. The highest BCUT2D eigenvalue weighted by molar-refractivity contribution is 5.39. The van der Waals surface area contributed by atoms with Crippen LogP contribution in [0.25, 0.3) is 0 Å². The minimum absolute atomic E-state index is 0.218. The fourth-order valence-corrected chi connectivity index (χ4v) is 1.13. The summed E-state index contributed by atoms with van der Waals surface area (Å²) in [5.41, 5.74) is 0. The Labute approximate surface area is 84.3 Å². The summed E-state index contributed by atoms with van der Waals surface area (Å²) in [6.07, 6.45) is 1.63. The second-order valence-electron chi connectivity index (χ2n) is 2.93. The van der Waals surface area contributed by atoms with Gasteiger partial charge in [0, 0.05) is 6.61 Å². The zero-order valence-electron chi connectivity index (χ0n) is 8.40. The third-order valence-electron chi connectivity index (χ3n) is 1.88. The molecule has 0 bridgehead atoms. The summed E-state index contributed by atoms with van der Waals surface area (Å²) in [6, 6.07) is 7.54. The Balaban J connectivity index is 2.41. The molecule has 0 aliphatic carbocycles. The number of aliphatic hydroxyl groups excluding tert-OH is 1. The molecular formula is C11H16O3. The second kappa shape index (κ2) is 6.27. The van der Waals surface area contributed by atoms with Crippen molar-refractivity contribution in [2.75, 3.05) is 20.3 Å². The minimum Gasteiger partial charge on any atom is -0.493 e. The molecule has 1 rings (SSSR count). The molecule has 0 saturated carbocycles. The molecule has 0 aromatic heterocycles. The van der Waals surface area contributed by atoms with Gasteiger partial charge in [0.1, 0.15) is 0 Å². The molecule has 0 heterocycles. The van der Waals surface area contributed by atoms with Gasteiger partial charge in [-0.3, -0.25) is 0 Å². The number of hydrogen-bond acceptors (Lipinski definition) is 3. The summed E-state index contributed by atoms with van der Waals surface area (Å²) in [5, 5.41) is 8.58. The summed E-state index contributed by atoms with van der Waals surface area (Å²) in [7, 11) is 1.62. The van der Waals surface area contributed by atoms with E-state index in [1.807, 2.05) is 24.3 Å². The van der Waals surface area contributed by atoms with Crippen LogP contribution < -0.4 is 9.47 Å². The first-order valence-corrected chi connectivity index (χ1v) is 4.75. The van der Waals surface area contributed by atoms with E-state index in [1.165, 1.54) is 0 Å². The maximum atomic E-state index is 8.58. The van der Waals surface area contributed by atoms with E-state index in [0.29, 0.717) is 6.61 Å². The molecule has 78 valence electrons. The maximum Gasteiger partial charge on any atom is 0.161 e. The molecule has 0 amide bonds. The van der Waals surface area contributed by atoms with E-state index in [4.69, 9.17) is 14.6 Å². The number of hydrogen-bond donors (Lipinski definition) is 1. The van der Waals surface area contributed by atoms with Gasteiger partial charge in [-0.15, -0.1) is 0 Å². The molecule has 0 aliphatic rings. The molecule has 0 radical (unpaired) electrons. The maximum absolute atomic E-state index is 8.58. The van der Waals surface area contributed by atoms with Crippen LogP contribution in [0, 0.1) is 0 Å². The Morgan fingerprint density at radius 2 is 1.86 bits per heavy atom. The van der Waals surface area contributed by atoms with Gasteiger partial charge >= 0.3 is 0 Å². The Morgan fingerprint density at radius 1 is 1.14 bits per heavy atom. The van der Waals surface area contributed by atoms with Crippen molar-refractivity contribution < 1.29 is 14.6 Å². The standard InChI is InChI=1S/C11H16O3/c1-13-10-6-2-3-7-11(10)14-9-5-4-8-12/h2-3,6-7,12H,4-5,8-9H2,1H3. The van der Waals surface area contributed by atoms with Crippen LogP contribution in [0.1, 0.15) is 12.8 Å². The highest BCUT2D eigenvalue weighted by atomic mass is 16.5. The number of aliphatic hydroxyl groups is 1. The fraction of sp³-hybridized carbons (Fsp3) is 0.455. The van der Waals surface area contributed by atoms with Crippen molar-refractivity contribution in [3.8, 4) is 11.5 Å². The Hall–Kier alpha value is -1.22. The fourth-order valence-electron chi connectivity index (χ4n) is 1.13. The lowest BCUT2D eigenvalue weighted by Gasteiger charge is -2.09. The first-order chi connectivity index (χ1) is 6.88. The number of para-hydroxylation sites is 2. The third-order valence-corrected chi connectivity index (χ3v) is 1.88. The zero-order chi connectivity index (χ0) is 10.2. The average molecular weight is 196 g/mol. The van der Waals surface area contributed by atoms with E-state index in [9.17, 15) is 0 Å². The molecule has 0 unspecified atom stereocenters. The van der Waals surface area contributed by atoms with Crippen LogP contribution in [0.2, 0.25) is 0 Å². The van der Waals surface area contributed by atoms with Gasteiger partial charge in [0.25, 0.3) is 0 Å². The monoisotopic (exact) mass is 196 g/mol. The molecule has 3 nitrogen and oxygen atoms in total. The molecule has 3 heteroatoms. The molecule has 0 saturated heterocycles. The van der Waals surface area contributed by atoms with Crippen LogP contribution in [0.3, 0.4) is 0 Å². The Bertz CT molecular complexity index is 260. The topological polar surface area (TPSA) is 38.7 Å². The van der Waals surface area contributed by atoms with E-state index in [-0.39, 0.29) is 6.61 Å². The van der Waals surface area contributed by atoms with Gasteiger partial charge in [0.05, 0.1) is 13.7 Å². The first kappa shape index (κ1) is 10.9. The van der Waals surface area contributed by atoms with Crippen molar-refractivity contribution in [3.05, 3.63) is 24.3 Å². The molecule has 1 aromatic rings. The predicted octanol–water partition coefficient (Wildman–Crippen LogP) is 1.85. The van der Waals surface area contributed by atoms with Crippen molar-refractivity contribution in [1.82, 2.24) is 0 Å². The van der Waals surface area contributed by atoms with Gasteiger partial charge < -0.3 is 14.6 Å². The highest BCUT2D eigenvalue weighted by Crippen LogP contribution is 2.25. The van der Waals surface area contributed by atoms with Gasteiger partial charge in [-0.1, -0.05) is 12.1 Å². The molecule has 0 spiro atoms. The van der Waals surface area contributed by atoms with Gasteiger partial charge in [-0.25, -0.2) is 0 Å². The quantitative estimate of drug-likeness (QED) is 0.706. The van der Waals surface area contributed by atoms with Crippen LogP contribution in [0.4, 0.5) is 0 Å². The summed E-state index contributed by atoms with van der Waals surface area (Å²) in [5.74, 6) is 1.50. The lowest BCUT2D eigenvalue weighted by atomic mass is 10.3. The van der Waals surface area contributed by atoms with Crippen LogP contribution in [0.5, 0.6) is 11.5 Å². The lowest BCUT2D eigenvalue weighted by Crippen LogP contribution is -2.00. The Morgan fingerprint density at radius 3 is 2.50 bits per heavy atom. The summed E-state index contributed by atoms with van der Waals surface area (Å²) < 4.78 is 10.6. The largest absolute Gasteiger partial charge is 0.493 e. The van der Waals surface area contributed by atoms with E-state index in [2.05, 4.69) is 0 Å². The number of methoxy groups -OCH3 is 1. The highest BCUT2D eigenvalue weighted by Gasteiger charge is 2.00. The molecule has 1 N–H and O–H groups in total. The van der Waals surface area contributed by atoms with Gasteiger partial charge in [0.2, 0.25) is 0 Å². The second-order valence-corrected chi connectivity index (χ2v) is 2.93. The summed E-state index contributed by atoms with van der Waals surface area (Å²) >= 11 is 0. The molecular weight excluding hydrogens is 180 g/mol. The van der Waals surface area contributed by atoms with Gasteiger partial charge in [-0.2, -0.15) is 0 Å². The van der Waals surface area contributed by atoms with Gasteiger partial charge in [-0.05, 0) is 25.0 Å². The van der Waals surface area contributed by atoms with Crippen molar-refractivity contribution in [1.29, 1.82) is 0 Å². The lowest BCUT2D eigenvalue weighted by molar-refractivity contribution is 0.247. The first-order valence-electron chi connectivity index (χ1n) is 4.75. The van der Waals surface area contributed by atoms with Crippen LogP contribution >= 0.6 is 0 Å². The van der Waals surface area contributed by atoms with Crippen LogP contribution in [-0.2, 0) is 0 Å². The molecule has 1 aromatic carbocycles. The normalized spacial score (nSPS) is 9.86. The predicted molar refractivity (Wildman–Crippen MR) is 54.8 cm³/mol. The van der Waals surface area contributed by atoms with Crippen molar-refractivity contribution in [2.24, 2.45) is 0 Å². The summed E-state index contributed by atoms with van der Waals surface area (Å²) in [6.45, 7) is 0.830. The number of benzene rings is 1. The van der Waals surface area contributed by atoms with Crippen molar-refractivity contribution in [2.45, 2.75) is 12.8 Å². The minimum atomic E-state index is 0.218. The smallest absolute Gasteiger partial charge is 0.161 e. The molecule has 0 fully saturated rings. The van der Waals surface area contributed by atoms with Crippen molar-refractivity contribution in [3.63, 3.8) is 0 Å². The number of unbranched alkanes of at least 4 members (excludes halogenated alkanes) is 1. The van der Waals surface area contributed by atoms with Crippen LogP contribution in [-0.4, -0.2) is 25.4 Å². The number of rotatable bonds is 6. The Kier molecular flexibility index (Phi) is 4.86. The van der Waals surface area contributed by atoms with E-state index >= 15 is 0 Å². The van der Waals surface area contributed by atoms with E-state index in [0.717, 1.165) is 24.3 Å². The van der Waals surface area contributed by atoms with E-state index < -0.39 is 0 Å². The molecule has 14 heavy (non-hydrogen) atoms. The van der Waals surface area contributed by atoms with Gasteiger partial charge in [0.15, 0.2) is 11.5 Å². The number of ether oxygens (including phenoxy) is 2. The average Bonchev–Trinajstić information content (AvgIpc) is 2.25. The molecule has 0 aliphatic heterocycles. The van der Waals surface area contributed by atoms with Crippen molar-refractivity contribution >= 4 is 0 Å². The van der Waals surface area contributed by atoms with E-state index in [1.54, 1.807) is 7.11 Å². The zero-order valence-corrected chi connectivity index (χ0v) is 8.40.